The second kappa shape index (κ2) is 5.21. The number of rotatable bonds is 1. The molecule has 2 unspecified atom stereocenters. The van der Waals surface area contributed by atoms with Crippen molar-refractivity contribution in [1.29, 1.82) is 0 Å². The summed E-state index contributed by atoms with van der Waals surface area (Å²) in [5.41, 5.74) is 0.396. The molecule has 3 nitrogen and oxygen atoms in total. The lowest BCUT2D eigenvalue weighted by Crippen LogP contribution is -2.51. The topological polar surface area (TPSA) is 29.5 Å². The highest BCUT2D eigenvalue weighted by Crippen LogP contribution is 2.31. The van der Waals surface area contributed by atoms with Gasteiger partial charge in [0.05, 0.1) is 24.3 Å². The summed E-state index contributed by atoms with van der Waals surface area (Å²) in [5, 5.41) is 0. The van der Waals surface area contributed by atoms with Crippen LogP contribution in [-0.4, -0.2) is 36.1 Å². The first-order valence-corrected chi connectivity index (χ1v) is 7.34. The number of halogens is 2. The van der Waals surface area contributed by atoms with Gasteiger partial charge in [0.2, 0.25) is 0 Å². The van der Waals surface area contributed by atoms with Crippen molar-refractivity contribution in [2.75, 3.05) is 13.2 Å². The summed E-state index contributed by atoms with van der Waals surface area (Å²) >= 11 is 3.32. The van der Waals surface area contributed by atoms with Crippen LogP contribution in [0.1, 0.15) is 29.6 Å². The molecule has 3 rings (SSSR count). The minimum absolute atomic E-state index is 0.105. The van der Waals surface area contributed by atoms with Gasteiger partial charge in [0.25, 0.3) is 5.91 Å². The van der Waals surface area contributed by atoms with E-state index >= 15 is 0 Å². The van der Waals surface area contributed by atoms with E-state index in [9.17, 15) is 9.18 Å². The molecule has 102 valence electrons. The molecule has 0 bridgehead atoms. The molecule has 0 aromatic heterocycles. The molecule has 1 aliphatic heterocycles. The number of hydrogen-bond acceptors (Lipinski definition) is 2. The Balaban J connectivity index is 1.88. The number of hydrogen-bond donors (Lipinski definition) is 0. The van der Waals surface area contributed by atoms with Crippen LogP contribution < -0.4 is 0 Å². The number of nitrogens with zero attached hydrogens (tertiary/aromatic N) is 1. The predicted octanol–water partition coefficient (Wildman–Crippen LogP) is 2.98. The number of ether oxygens (including phenoxy) is 1. The van der Waals surface area contributed by atoms with Crippen molar-refractivity contribution in [3.8, 4) is 0 Å². The number of amides is 1. The van der Waals surface area contributed by atoms with Gasteiger partial charge in [-0.25, -0.2) is 4.39 Å². The molecule has 2 aliphatic rings. The second-order valence-corrected chi connectivity index (χ2v) is 5.88. The molecule has 2 fully saturated rings. The number of benzene rings is 1. The van der Waals surface area contributed by atoms with Crippen molar-refractivity contribution in [1.82, 2.24) is 4.90 Å². The molecule has 1 amide bonds. The van der Waals surface area contributed by atoms with Crippen molar-refractivity contribution in [2.24, 2.45) is 0 Å². The van der Waals surface area contributed by atoms with Crippen LogP contribution in [0.2, 0.25) is 0 Å². The van der Waals surface area contributed by atoms with Crippen LogP contribution in [0, 0.1) is 5.82 Å². The molecular formula is C14H15BrFNO2. The summed E-state index contributed by atoms with van der Waals surface area (Å²) in [6.45, 7) is 1.16. The van der Waals surface area contributed by atoms with Gasteiger partial charge in [0.15, 0.2) is 0 Å². The highest BCUT2D eigenvalue weighted by atomic mass is 79.9. The number of carbonyl (C=O) groups excluding carboxylic acids is 1. The van der Waals surface area contributed by atoms with Crippen LogP contribution in [0.5, 0.6) is 0 Å². The highest BCUT2D eigenvalue weighted by molar-refractivity contribution is 9.10. The zero-order chi connectivity index (χ0) is 13.4. The third-order valence-electron chi connectivity index (χ3n) is 3.90. The van der Waals surface area contributed by atoms with E-state index in [1.165, 1.54) is 12.1 Å². The fourth-order valence-electron chi connectivity index (χ4n) is 2.99. The zero-order valence-corrected chi connectivity index (χ0v) is 12.0. The molecule has 19 heavy (non-hydrogen) atoms. The Kier molecular flexibility index (Phi) is 3.58. The number of morpholine rings is 1. The highest BCUT2D eigenvalue weighted by Gasteiger charge is 2.38. The van der Waals surface area contributed by atoms with Crippen molar-refractivity contribution >= 4 is 21.8 Å². The van der Waals surface area contributed by atoms with E-state index in [0.717, 1.165) is 19.3 Å². The van der Waals surface area contributed by atoms with E-state index in [4.69, 9.17) is 4.74 Å². The van der Waals surface area contributed by atoms with E-state index in [1.54, 1.807) is 6.07 Å². The van der Waals surface area contributed by atoms with Gasteiger partial charge >= 0.3 is 0 Å². The van der Waals surface area contributed by atoms with Crippen molar-refractivity contribution < 1.29 is 13.9 Å². The van der Waals surface area contributed by atoms with Gasteiger partial charge in [-0.2, -0.15) is 0 Å². The quantitative estimate of drug-likeness (QED) is 0.793. The lowest BCUT2D eigenvalue weighted by atomic mass is 10.1. The first-order chi connectivity index (χ1) is 9.16. The van der Waals surface area contributed by atoms with Crippen LogP contribution in [-0.2, 0) is 4.74 Å². The van der Waals surface area contributed by atoms with Crippen molar-refractivity contribution in [2.45, 2.75) is 31.4 Å². The first-order valence-electron chi connectivity index (χ1n) is 6.54. The molecule has 1 aliphatic carbocycles. The van der Waals surface area contributed by atoms with E-state index in [2.05, 4.69) is 15.9 Å². The molecule has 1 saturated heterocycles. The van der Waals surface area contributed by atoms with Gasteiger partial charge < -0.3 is 9.64 Å². The molecule has 5 heteroatoms. The minimum Gasteiger partial charge on any atom is -0.374 e. The van der Waals surface area contributed by atoms with Crippen molar-refractivity contribution in [3.63, 3.8) is 0 Å². The summed E-state index contributed by atoms with van der Waals surface area (Å²) < 4.78 is 19.7. The van der Waals surface area contributed by atoms with Gasteiger partial charge in [0, 0.05) is 11.0 Å². The van der Waals surface area contributed by atoms with Crippen molar-refractivity contribution in [3.05, 3.63) is 34.1 Å². The molecule has 0 spiro atoms. The largest absolute Gasteiger partial charge is 0.374 e. The molecule has 2 atom stereocenters. The van der Waals surface area contributed by atoms with E-state index in [-0.39, 0.29) is 23.9 Å². The van der Waals surface area contributed by atoms with Gasteiger partial charge in [-0.15, -0.1) is 0 Å². The fourth-order valence-corrected chi connectivity index (χ4v) is 3.41. The van der Waals surface area contributed by atoms with E-state index < -0.39 is 0 Å². The number of fused-ring (bicyclic) bond motifs is 1. The molecule has 1 heterocycles. The third kappa shape index (κ3) is 2.41. The van der Waals surface area contributed by atoms with Crippen LogP contribution >= 0.6 is 15.9 Å². The van der Waals surface area contributed by atoms with Crippen LogP contribution in [0.15, 0.2) is 22.7 Å². The number of carbonyl (C=O) groups is 1. The summed E-state index contributed by atoms with van der Waals surface area (Å²) in [5.74, 6) is -0.491. The lowest BCUT2D eigenvalue weighted by molar-refractivity contribution is -0.0445. The summed E-state index contributed by atoms with van der Waals surface area (Å²) in [6, 6.07) is 4.37. The standard InChI is InChI=1S/C14H15BrFNO2/c15-11-5-4-9(16)8-10(11)14(18)17-6-7-19-13-3-1-2-12(13)17/h4-5,8,12-13H,1-3,6-7H2. The maximum absolute atomic E-state index is 13.3. The minimum atomic E-state index is -0.386. The van der Waals surface area contributed by atoms with Crippen LogP contribution in [0.4, 0.5) is 4.39 Å². The molecule has 0 N–H and O–H groups in total. The Labute approximate surface area is 119 Å². The zero-order valence-electron chi connectivity index (χ0n) is 10.4. The predicted molar refractivity (Wildman–Crippen MR) is 72.5 cm³/mol. The maximum Gasteiger partial charge on any atom is 0.255 e. The normalized spacial score (nSPS) is 26.3. The van der Waals surface area contributed by atoms with Gasteiger partial charge in [-0.3, -0.25) is 4.79 Å². The molecular weight excluding hydrogens is 313 g/mol. The van der Waals surface area contributed by atoms with Crippen LogP contribution in [0.25, 0.3) is 0 Å². The third-order valence-corrected chi connectivity index (χ3v) is 4.59. The average Bonchev–Trinajstić information content (AvgIpc) is 2.89. The van der Waals surface area contributed by atoms with Gasteiger partial charge in [0.1, 0.15) is 5.82 Å². The first kappa shape index (κ1) is 13.1. The van der Waals surface area contributed by atoms with Crippen LogP contribution in [0.3, 0.4) is 0 Å². The summed E-state index contributed by atoms with van der Waals surface area (Å²) in [6.07, 6.45) is 3.23. The fraction of sp³-hybridized carbons (Fsp3) is 0.500. The van der Waals surface area contributed by atoms with Gasteiger partial charge in [-0.1, -0.05) is 0 Å². The summed E-state index contributed by atoms with van der Waals surface area (Å²) in [4.78, 5) is 14.4. The Bertz CT molecular complexity index is 508. The Morgan fingerprint density at radius 2 is 2.26 bits per heavy atom. The Morgan fingerprint density at radius 1 is 1.42 bits per heavy atom. The van der Waals surface area contributed by atoms with E-state index in [1.807, 2.05) is 4.90 Å². The second-order valence-electron chi connectivity index (χ2n) is 5.03. The Hall–Kier alpha value is -0.940. The lowest BCUT2D eigenvalue weighted by Gasteiger charge is -2.37. The Morgan fingerprint density at radius 3 is 3.11 bits per heavy atom. The maximum atomic E-state index is 13.3. The smallest absolute Gasteiger partial charge is 0.255 e. The molecule has 1 aromatic carbocycles. The monoisotopic (exact) mass is 327 g/mol. The SMILES string of the molecule is O=C(c1cc(F)ccc1Br)N1CCOC2CCCC21. The van der Waals surface area contributed by atoms with Gasteiger partial charge in [-0.05, 0) is 53.4 Å². The molecule has 1 saturated carbocycles. The molecule has 0 radical (unpaired) electrons. The van der Waals surface area contributed by atoms with E-state index in [0.29, 0.717) is 23.2 Å². The summed E-state index contributed by atoms with van der Waals surface area (Å²) in [7, 11) is 0. The molecule has 1 aromatic rings. The average molecular weight is 328 g/mol.